The van der Waals surface area contributed by atoms with Crippen molar-refractivity contribution in [2.75, 3.05) is 0 Å². The smallest absolute Gasteiger partial charge is 0.336 e. The predicted molar refractivity (Wildman–Crippen MR) is 95.9 cm³/mol. The van der Waals surface area contributed by atoms with Gasteiger partial charge >= 0.3 is 5.63 Å². The highest BCUT2D eigenvalue weighted by Gasteiger charge is 2.13. The third-order valence-electron chi connectivity index (χ3n) is 4.44. The molecule has 0 fully saturated rings. The molecule has 1 aromatic carbocycles. The van der Waals surface area contributed by atoms with Gasteiger partial charge in [0.05, 0.1) is 13.0 Å². The average Bonchev–Trinajstić information content (AvgIpc) is 3.04. The minimum Gasteiger partial charge on any atom is -0.423 e. The summed E-state index contributed by atoms with van der Waals surface area (Å²) in [6, 6.07) is 11.2. The highest BCUT2D eigenvalue weighted by Crippen LogP contribution is 2.22. The van der Waals surface area contributed by atoms with E-state index in [9.17, 15) is 4.79 Å². The Morgan fingerprint density at radius 3 is 2.77 bits per heavy atom. The molecule has 4 rings (SSSR count). The van der Waals surface area contributed by atoms with Crippen LogP contribution in [-0.2, 0) is 13.0 Å². The van der Waals surface area contributed by atoms with Gasteiger partial charge in [-0.2, -0.15) is 0 Å². The number of rotatable bonds is 4. The van der Waals surface area contributed by atoms with Crippen molar-refractivity contribution in [1.82, 2.24) is 25.2 Å². The van der Waals surface area contributed by atoms with Crippen molar-refractivity contribution in [2.45, 2.75) is 26.8 Å². The highest BCUT2D eigenvalue weighted by atomic mass is 16.4. The van der Waals surface area contributed by atoms with E-state index in [1.54, 1.807) is 10.9 Å². The Balaban J connectivity index is 1.74. The van der Waals surface area contributed by atoms with E-state index in [-0.39, 0.29) is 5.63 Å². The van der Waals surface area contributed by atoms with Gasteiger partial charge in [-0.3, -0.25) is 4.98 Å². The molecule has 3 heterocycles. The van der Waals surface area contributed by atoms with Gasteiger partial charge < -0.3 is 4.42 Å². The number of fused-ring (bicyclic) bond motifs is 1. The van der Waals surface area contributed by atoms with Gasteiger partial charge in [-0.15, -0.1) is 5.10 Å². The number of tetrazole rings is 1. The minimum absolute atomic E-state index is 0.380. The summed E-state index contributed by atoms with van der Waals surface area (Å²) in [5.41, 5.74) is 4.13. The van der Waals surface area contributed by atoms with E-state index in [4.69, 9.17) is 4.42 Å². The highest BCUT2D eigenvalue weighted by molar-refractivity contribution is 5.81. The fraction of sp³-hybridized carbons (Fsp3) is 0.211. The van der Waals surface area contributed by atoms with Crippen LogP contribution in [0.2, 0.25) is 0 Å². The maximum absolute atomic E-state index is 12.0. The van der Waals surface area contributed by atoms with E-state index in [0.29, 0.717) is 24.4 Å². The van der Waals surface area contributed by atoms with Gasteiger partial charge in [0.1, 0.15) is 5.58 Å². The summed E-state index contributed by atoms with van der Waals surface area (Å²) in [5.74, 6) is 0.689. The fourth-order valence-corrected chi connectivity index (χ4v) is 2.91. The lowest BCUT2D eigenvalue weighted by Gasteiger charge is -2.09. The number of benzene rings is 1. The lowest BCUT2D eigenvalue weighted by Crippen LogP contribution is -2.11. The predicted octanol–water partition coefficient (Wildman–Crippen LogP) is 2.43. The van der Waals surface area contributed by atoms with Crippen molar-refractivity contribution in [3.63, 3.8) is 0 Å². The minimum atomic E-state index is -0.380. The Morgan fingerprint density at radius 1 is 1.12 bits per heavy atom. The Bertz CT molecular complexity index is 1130. The van der Waals surface area contributed by atoms with E-state index in [1.165, 1.54) is 6.07 Å². The molecular weight excluding hydrogens is 330 g/mol. The summed E-state index contributed by atoms with van der Waals surface area (Å²) in [4.78, 5) is 16.3. The Labute approximate surface area is 149 Å². The largest absolute Gasteiger partial charge is 0.423 e. The Hall–Kier alpha value is -3.35. The zero-order valence-electron chi connectivity index (χ0n) is 14.5. The summed E-state index contributed by atoms with van der Waals surface area (Å²) in [5, 5.41) is 12.9. The van der Waals surface area contributed by atoms with E-state index >= 15 is 0 Å². The lowest BCUT2D eigenvalue weighted by molar-refractivity contribution is 0.553. The molecule has 0 amide bonds. The Morgan fingerprint density at radius 2 is 1.96 bits per heavy atom. The SMILES string of the molecule is Cc1cc2oc(=O)cc(Cn3nnnc3Cc3ccccn3)c2cc1C. The fourth-order valence-electron chi connectivity index (χ4n) is 2.91. The number of nitrogens with zero attached hydrogens (tertiary/aromatic N) is 5. The molecule has 0 aliphatic heterocycles. The van der Waals surface area contributed by atoms with Crippen LogP contribution in [0, 0.1) is 13.8 Å². The third kappa shape index (κ3) is 3.11. The molecule has 0 atom stereocenters. The number of hydrogen-bond donors (Lipinski definition) is 0. The first-order valence-corrected chi connectivity index (χ1v) is 8.29. The van der Waals surface area contributed by atoms with E-state index in [1.807, 2.05) is 44.2 Å². The normalized spacial score (nSPS) is 11.2. The molecule has 0 bridgehead atoms. The molecule has 0 unspecified atom stereocenters. The molecule has 7 heteroatoms. The van der Waals surface area contributed by atoms with Gasteiger partial charge in [0.25, 0.3) is 0 Å². The molecule has 0 saturated heterocycles. The van der Waals surface area contributed by atoms with Crippen LogP contribution in [0.15, 0.2) is 51.8 Å². The van der Waals surface area contributed by atoms with E-state index in [0.717, 1.165) is 27.8 Å². The molecule has 26 heavy (non-hydrogen) atoms. The first kappa shape index (κ1) is 16.1. The molecule has 130 valence electrons. The molecule has 0 N–H and O–H groups in total. The van der Waals surface area contributed by atoms with Crippen molar-refractivity contribution < 1.29 is 4.42 Å². The molecule has 4 aromatic rings. The summed E-state index contributed by atoms with van der Waals surface area (Å²) in [7, 11) is 0. The van der Waals surface area contributed by atoms with Crippen molar-refractivity contribution in [3.05, 3.63) is 81.2 Å². The first-order valence-electron chi connectivity index (χ1n) is 8.29. The molecule has 0 radical (unpaired) electrons. The first-order chi connectivity index (χ1) is 12.6. The summed E-state index contributed by atoms with van der Waals surface area (Å²) < 4.78 is 7.05. The summed E-state index contributed by atoms with van der Waals surface area (Å²) in [6.45, 7) is 4.42. The second-order valence-electron chi connectivity index (χ2n) is 6.27. The van der Waals surface area contributed by atoms with Gasteiger partial charge in [0.15, 0.2) is 5.82 Å². The van der Waals surface area contributed by atoms with Crippen molar-refractivity contribution >= 4 is 11.0 Å². The zero-order chi connectivity index (χ0) is 18.1. The topological polar surface area (TPSA) is 86.7 Å². The van der Waals surface area contributed by atoms with Crippen LogP contribution >= 0.6 is 0 Å². The van der Waals surface area contributed by atoms with Gasteiger partial charge in [-0.25, -0.2) is 9.48 Å². The number of aryl methyl sites for hydroxylation is 2. The monoisotopic (exact) mass is 347 g/mol. The number of pyridine rings is 1. The number of aromatic nitrogens is 5. The lowest BCUT2D eigenvalue weighted by atomic mass is 10.0. The van der Waals surface area contributed by atoms with Gasteiger partial charge in [-0.05, 0) is 65.2 Å². The number of hydrogen-bond acceptors (Lipinski definition) is 6. The molecule has 0 saturated carbocycles. The summed E-state index contributed by atoms with van der Waals surface area (Å²) >= 11 is 0. The van der Waals surface area contributed by atoms with Crippen molar-refractivity contribution in [3.8, 4) is 0 Å². The molecule has 3 aromatic heterocycles. The van der Waals surface area contributed by atoms with Crippen LogP contribution in [0.4, 0.5) is 0 Å². The quantitative estimate of drug-likeness (QED) is 0.527. The maximum atomic E-state index is 12.0. The van der Waals surface area contributed by atoms with Crippen molar-refractivity contribution in [1.29, 1.82) is 0 Å². The van der Waals surface area contributed by atoms with Crippen LogP contribution in [0.1, 0.15) is 28.2 Å². The molecule has 0 spiro atoms. The molecular formula is C19H17N5O2. The van der Waals surface area contributed by atoms with Crippen LogP contribution in [0.25, 0.3) is 11.0 Å². The zero-order valence-corrected chi connectivity index (χ0v) is 14.5. The van der Waals surface area contributed by atoms with E-state index in [2.05, 4.69) is 20.5 Å². The van der Waals surface area contributed by atoms with Gasteiger partial charge in [-0.1, -0.05) is 6.07 Å². The van der Waals surface area contributed by atoms with Crippen LogP contribution in [0.3, 0.4) is 0 Å². The van der Waals surface area contributed by atoms with Crippen LogP contribution < -0.4 is 5.63 Å². The van der Waals surface area contributed by atoms with Gasteiger partial charge in [0, 0.05) is 23.3 Å². The second kappa shape index (κ2) is 6.51. The van der Waals surface area contributed by atoms with E-state index < -0.39 is 0 Å². The van der Waals surface area contributed by atoms with Crippen molar-refractivity contribution in [2.24, 2.45) is 0 Å². The molecule has 0 aliphatic rings. The molecule has 7 nitrogen and oxygen atoms in total. The molecule has 0 aliphatic carbocycles. The average molecular weight is 347 g/mol. The summed E-state index contributed by atoms with van der Waals surface area (Å²) in [6.07, 6.45) is 2.26. The van der Waals surface area contributed by atoms with Crippen LogP contribution in [-0.4, -0.2) is 25.2 Å². The van der Waals surface area contributed by atoms with Gasteiger partial charge in [0.2, 0.25) is 0 Å². The standard InChI is InChI=1S/C19H17N5O2/c1-12-7-16-14(9-19(25)26-17(16)8-13(12)2)11-24-18(21-22-23-24)10-15-5-3-4-6-20-15/h3-9H,10-11H2,1-2H3. The Kier molecular flexibility index (Phi) is 4.04. The third-order valence-corrected chi connectivity index (χ3v) is 4.44. The maximum Gasteiger partial charge on any atom is 0.336 e. The van der Waals surface area contributed by atoms with Crippen LogP contribution in [0.5, 0.6) is 0 Å². The second-order valence-corrected chi connectivity index (χ2v) is 6.27.